The predicted octanol–water partition coefficient (Wildman–Crippen LogP) is 3.41. The molecule has 0 amide bonds. The second-order valence-electron chi connectivity index (χ2n) is 18.7. The lowest BCUT2D eigenvalue weighted by Gasteiger charge is -2.33. The molecular weight excluding hydrogens is 1070 g/mol. The summed E-state index contributed by atoms with van der Waals surface area (Å²) in [7, 11) is -6.18. The summed E-state index contributed by atoms with van der Waals surface area (Å²) in [6.07, 6.45) is 6.24. The van der Waals surface area contributed by atoms with E-state index < -0.39 is 25.6 Å². The Bertz CT molecular complexity index is 3450. The smallest absolute Gasteiger partial charge is 0.275 e. The molecule has 6 heterocycles. The number of aldehydes is 1. The zero-order valence-electron chi connectivity index (χ0n) is 46.1. The summed E-state index contributed by atoms with van der Waals surface area (Å²) in [5, 5.41) is 31.8. The summed E-state index contributed by atoms with van der Waals surface area (Å²) < 4.78 is 71.9. The van der Waals surface area contributed by atoms with Crippen LogP contribution in [0.25, 0.3) is 33.8 Å². The third-order valence-corrected chi connectivity index (χ3v) is 17.7. The molecule has 2 aliphatic rings. The molecule has 26 heteroatoms. The Balaban J connectivity index is 0.000000287. The summed E-state index contributed by atoms with van der Waals surface area (Å²) >= 11 is 0. The number of hydrogen-bond acceptors (Lipinski definition) is 17. The maximum atomic E-state index is 13.6. The number of aromatic nitrogens is 6. The van der Waals surface area contributed by atoms with E-state index in [0.29, 0.717) is 155 Å². The van der Waals surface area contributed by atoms with Crippen LogP contribution < -0.4 is 20.6 Å². The molecular formula is C54H79N11O13S2. The van der Waals surface area contributed by atoms with Crippen LogP contribution in [0.4, 0.5) is 0 Å². The molecule has 24 nitrogen and oxygen atoms in total. The minimum Gasteiger partial charge on any atom is -0.493 e. The topological polar surface area (TPSA) is 311 Å². The molecule has 2 aliphatic heterocycles. The summed E-state index contributed by atoms with van der Waals surface area (Å²) in [4.78, 5) is 53.6. The first-order valence-electron chi connectivity index (χ1n) is 26.7. The molecule has 6 N–H and O–H groups in total. The lowest BCUT2D eigenvalue weighted by atomic mass is 10.1. The molecule has 2 saturated heterocycles. The first kappa shape index (κ1) is 64.5. The number of carbonyl (C=O) groups excluding carboxylic acids is 1. The van der Waals surface area contributed by atoms with Crippen LogP contribution in [0.15, 0.2) is 60.9 Å². The van der Waals surface area contributed by atoms with Crippen molar-refractivity contribution in [2.24, 2.45) is 5.16 Å². The molecule has 0 bridgehead atoms. The third-order valence-electron chi connectivity index (χ3n) is 13.9. The third kappa shape index (κ3) is 13.3. The van der Waals surface area contributed by atoms with Crippen molar-refractivity contribution < 1.29 is 51.6 Å². The van der Waals surface area contributed by atoms with Gasteiger partial charge >= 0.3 is 0 Å². The fraction of sp³-hybridized carbons (Fsp3) is 0.519. The average Bonchev–Trinajstić information content (AvgIpc) is 3.92. The highest BCUT2D eigenvalue weighted by Gasteiger charge is 2.32. The van der Waals surface area contributed by atoms with E-state index in [1.807, 2.05) is 51.3 Å². The maximum absolute atomic E-state index is 13.6. The van der Waals surface area contributed by atoms with Crippen LogP contribution in [-0.2, 0) is 50.6 Å². The average molecular weight is 1150 g/mol. The van der Waals surface area contributed by atoms with Crippen molar-refractivity contribution in [2.45, 2.75) is 97.3 Å². The second kappa shape index (κ2) is 28.9. The van der Waals surface area contributed by atoms with Gasteiger partial charge in [-0.3, -0.25) is 24.2 Å². The number of nitrogens with zero attached hydrogens (tertiary/aromatic N) is 9. The van der Waals surface area contributed by atoms with Crippen molar-refractivity contribution in [3.8, 4) is 34.3 Å². The van der Waals surface area contributed by atoms with E-state index >= 15 is 0 Å². The normalized spacial score (nSPS) is 14.9. The van der Waals surface area contributed by atoms with Crippen LogP contribution in [0.2, 0.25) is 0 Å². The highest BCUT2D eigenvalue weighted by Crippen LogP contribution is 2.34. The van der Waals surface area contributed by atoms with Crippen molar-refractivity contribution in [3.63, 3.8) is 0 Å². The number of piperazine rings is 2. The van der Waals surface area contributed by atoms with Gasteiger partial charge in [0.15, 0.2) is 17.9 Å². The van der Waals surface area contributed by atoms with Crippen molar-refractivity contribution in [1.29, 1.82) is 0 Å². The zero-order chi connectivity index (χ0) is 56.3. The van der Waals surface area contributed by atoms with Gasteiger partial charge < -0.3 is 40.0 Å². The minimum absolute atomic E-state index is 0. The van der Waals surface area contributed by atoms with E-state index in [0.717, 1.165) is 35.9 Å². The SMILES string of the molecule is C.CCCc1c(/C=N/OC)c(CC)c2c(=O)[nH]c(-c3cc(S(=O)(=O)N4CCN(CCO)CC4)ccc3OCC)nn12.CCCc1c(C=O)c(CC)c2c(=O)[nH]c(-c3cc(S(=O)(=O)N4CCN(CCO)CC4)ccc3OCC)nn12.O. The first-order chi connectivity index (χ1) is 37.6. The van der Waals surface area contributed by atoms with Crippen molar-refractivity contribution in [3.05, 3.63) is 90.7 Å². The van der Waals surface area contributed by atoms with Gasteiger partial charge in [-0.05, 0) is 87.1 Å². The molecule has 4 aromatic heterocycles. The number of aliphatic hydroxyl groups excluding tert-OH is 2. The Morgan fingerprint density at radius 2 is 1.04 bits per heavy atom. The molecule has 6 aromatic rings. The molecule has 0 spiro atoms. The highest BCUT2D eigenvalue weighted by atomic mass is 32.2. The standard InChI is InChI=1S/C27H38N6O6S.C26H35N5O6S.CH4.H2O/c1-5-8-23-22(18-28-38-4)20(6-2)25-27(35)29-26(30-33(23)25)21-17-19(9-10-24(21)39-7-3)40(36,37)32-13-11-31(12-14-32)15-16-34;1-4-7-22-21(17-33)19(5-2)24-26(34)27-25(28-31(22)24)20-16-18(8-9-23(20)37-6-3)38(35,36)30-12-10-29(11-13-30)14-15-32;;/h9-10,17-18,34H,5-8,11-16H2,1-4H3,(H,29,30,35);8-9,16-17,32H,4-7,10-15H2,1-3H3,(H,27,28,34);1H4;1H2/b28-18+;;;. The highest BCUT2D eigenvalue weighted by molar-refractivity contribution is 7.89. The largest absolute Gasteiger partial charge is 0.493 e. The van der Waals surface area contributed by atoms with Gasteiger partial charge in [-0.1, -0.05) is 53.1 Å². The Morgan fingerprint density at radius 1 is 0.637 bits per heavy atom. The number of aromatic amines is 2. The first-order valence-corrected chi connectivity index (χ1v) is 29.5. The monoisotopic (exact) mass is 1150 g/mol. The number of oxime groups is 1. The molecule has 2 fully saturated rings. The van der Waals surface area contributed by atoms with Crippen LogP contribution in [0, 0.1) is 0 Å². The zero-order valence-corrected chi connectivity index (χ0v) is 47.7. The molecule has 0 atom stereocenters. The molecule has 0 unspecified atom stereocenters. The fourth-order valence-corrected chi connectivity index (χ4v) is 13.1. The van der Waals surface area contributed by atoms with Crippen LogP contribution >= 0.6 is 0 Å². The van der Waals surface area contributed by atoms with Crippen LogP contribution in [0.3, 0.4) is 0 Å². The number of rotatable bonds is 23. The molecule has 440 valence electrons. The van der Waals surface area contributed by atoms with E-state index in [1.54, 1.807) is 22.9 Å². The van der Waals surface area contributed by atoms with Crippen LogP contribution in [0.5, 0.6) is 11.5 Å². The van der Waals surface area contributed by atoms with Gasteiger partial charge in [-0.2, -0.15) is 8.61 Å². The Labute approximate surface area is 467 Å². The molecule has 80 heavy (non-hydrogen) atoms. The second-order valence-corrected chi connectivity index (χ2v) is 22.5. The van der Waals surface area contributed by atoms with Crippen molar-refractivity contribution in [2.75, 3.05) is 99.0 Å². The summed E-state index contributed by atoms with van der Waals surface area (Å²) in [5.41, 5.74) is 4.92. The van der Waals surface area contributed by atoms with E-state index in [4.69, 9.17) is 24.5 Å². The van der Waals surface area contributed by atoms with Gasteiger partial charge in [-0.15, -0.1) is 10.2 Å². The molecule has 0 radical (unpaired) electrons. The quantitative estimate of drug-likeness (QED) is 0.0406. The summed E-state index contributed by atoms with van der Waals surface area (Å²) in [5.74, 6) is 1.16. The summed E-state index contributed by atoms with van der Waals surface area (Å²) in [6.45, 7) is 16.7. The molecule has 0 aliphatic carbocycles. The molecule has 2 aromatic carbocycles. The lowest BCUT2D eigenvalue weighted by molar-refractivity contribution is 0.112. The maximum Gasteiger partial charge on any atom is 0.275 e. The number of fused-ring (bicyclic) bond motifs is 2. The van der Waals surface area contributed by atoms with E-state index in [9.17, 15) is 41.4 Å². The Morgan fingerprint density at radius 3 is 1.39 bits per heavy atom. The number of H-pyrrole nitrogens is 2. The van der Waals surface area contributed by atoms with Crippen molar-refractivity contribution >= 4 is 43.6 Å². The van der Waals surface area contributed by atoms with Gasteiger partial charge in [0.05, 0.1) is 64.9 Å². The van der Waals surface area contributed by atoms with Crippen LogP contribution in [0.1, 0.15) is 100 Å². The number of aliphatic hydroxyl groups is 2. The van der Waals surface area contributed by atoms with Gasteiger partial charge in [0, 0.05) is 76.6 Å². The summed E-state index contributed by atoms with van der Waals surface area (Å²) in [6, 6.07) is 9.20. The van der Waals surface area contributed by atoms with E-state index in [1.165, 1.54) is 44.5 Å². The molecule has 8 rings (SSSR count). The number of carbonyl (C=O) groups is 1. The number of β-amino-alcohol motifs (C(OH)–C–C–N with tert-alkyl or cyclic N) is 2. The lowest BCUT2D eigenvalue weighted by Crippen LogP contribution is -2.49. The van der Waals surface area contributed by atoms with Gasteiger partial charge in [-0.25, -0.2) is 25.9 Å². The number of hydrogen-bond donors (Lipinski definition) is 4. The Hall–Kier alpha value is -6.36. The number of benzene rings is 2. The van der Waals surface area contributed by atoms with Gasteiger partial charge in [0.2, 0.25) is 20.0 Å². The number of aryl methyl sites for hydroxylation is 4. The van der Waals surface area contributed by atoms with Crippen molar-refractivity contribution in [1.82, 2.24) is 47.6 Å². The van der Waals surface area contributed by atoms with E-state index in [2.05, 4.69) is 15.1 Å². The van der Waals surface area contributed by atoms with Crippen LogP contribution in [-0.4, -0.2) is 192 Å². The van der Waals surface area contributed by atoms with Gasteiger partial charge in [0.1, 0.15) is 29.6 Å². The number of nitrogens with one attached hydrogen (secondary N) is 2. The van der Waals surface area contributed by atoms with Gasteiger partial charge in [0.25, 0.3) is 11.1 Å². The number of ether oxygens (including phenoxy) is 2. The minimum atomic E-state index is -3.83. The fourth-order valence-electron chi connectivity index (χ4n) is 10.2. The van der Waals surface area contributed by atoms with E-state index in [-0.39, 0.29) is 53.1 Å². The molecule has 0 saturated carbocycles. The predicted molar refractivity (Wildman–Crippen MR) is 306 cm³/mol. The number of sulfonamides is 2. The Kier molecular flexibility index (Phi) is 23.3.